The molecule has 0 bridgehead atoms. The predicted molar refractivity (Wildman–Crippen MR) is 132 cm³/mol. The van der Waals surface area contributed by atoms with E-state index in [0.717, 1.165) is 22.6 Å². The first kappa shape index (κ1) is 21.4. The Morgan fingerprint density at radius 1 is 1.12 bits per heavy atom. The van der Waals surface area contributed by atoms with Gasteiger partial charge in [-0.3, -0.25) is 14.0 Å². The van der Waals surface area contributed by atoms with Crippen molar-refractivity contribution in [2.45, 2.75) is 12.2 Å². The summed E-state index contributed by atoms with van der Waals surface area (Å²) in [4.78, 5) is 33.1. The Morgan fingerprint density at radius 2 is 1.97 bits per heavy atom. The number of carbonyl (C=O) groups is 1. The summed E-state index contributed by atoms with van der Waals surface area (Å²) >= 11 is 2.87. The lowest BCUT2D eigenvalue weighted by Crippen LogP contribution is -2.27. The van der Waals surface area contributed by atoms with E-state index in [4.69, 9.17) is 0 Å². The van der Waals surface area contributed by atoms with Crippen LogP contribution in [0.2, 0.25) is 0 Å². The molecule has 2 N–H and O–H groups in total. The Balaban J connectivity index is 1.15. The molecular formula is C23H20N6O2S2. The smallest absolute Gasteiger partial charge is 0.260 e. The number of nitrogens with one attached hydrogen (secondary N) is 2. The van der Waals surface area contributed by atoms with Crippen molar-refractivity contribution in [1.82, 2.24) is 29.9 Å². The summed E-state index contributed by atoms with van der Waals surface area (Å²) in [5.41, 5.74) is 2.52. The summed E-state index contributed by atoms with van der Waals surface area (Å²) in [7, 11) is 0. The number of carbonyl (C=O) groups excluding carboxylic acids is 1. The van der Waals surface area contributed by atoms with Gasteiger partial charge in [-0.2, -0.15) is 0 Å². The Bertz CT molecular complexity index is 1470. The minimum atomic E-state index is -0.152. The van der Waals surface area contributed by atoms with Gasteiger partial charge in [0, 0.05) is 30.1 Å². The largest absolute Gasteiger partial charge is 0.355 e. The molecule has 0 aliphatic rings. The van der Waals surface area contributed by atoms with E-state index in [0.29, 0.717) is 34.8 Å². The molecule has 0 aliphatic heterocycles. The summed E-state index contributed by atoms with van der Waals surface area (Å²) in [5, 5.41) is 13.7. The molecule has 0 unspecified atom stereocenters. The van der Waals surface area contributed by atoms with Crippen molar-refractivity contribution in [3.8, 4) is 11.1 Å². The third-order valence-corrected chi connectivity index (χ3v) is 6.92. The monoisotopic (exact) mass is 476 g/mol. The summed E-state index contributed by atoms with van der Waals surface area (Å²) in [6.45, 7) is 0.480. The fraction of sp³-hybridized carbons (Fsp3) is 0.174. The van der Waals surface area contributed by atoms with Gasteiger partial charge < -0.3 is 10.3 Å². The van der Waals surface area contributed by atoms with Gasteiger partial charge in [0.1, 0.15) is 16.5 Å². The van der Waals surface area contributed by atoms with E-state index in [1.54, 1.807) is 0 Å². The molecular weight excluding hydrogens is 456 g/mol. The summed E-state index contributed by atoms with van der Waals surface area (Å²) in [5.74, 6) is 2.04. The number of thioether (sulfide) groups is 1. The van der Waals surface area contributed by atoms with Crippen molar-refractivity contribution in [1.29, 1.82) is 0 Å². The number of fused-ring (bicyclic) bond motifs is 2. The molecule has 8 nitrogen and oxygen atoms in total. The van der Waals surface area contributed by atoms with Crippen molar-refractivity contribution < 1.29 is 4.79 Å². The molecule has 10 heteroatoms. The molecule has 1 aromatic carbocycles. The van der Waals surface area contributed by atoms with Crippen molar-refractivity contribution in [2.75, 3.05) is 12.3 Å². The van der Waals surface area contributed by atoms with E-state index in [1.165, 1.54) is 23.1 Å². The number of pyridine rings is 1. The van der Waals surface area contributed by atoms with E-state index in [-0.39, 0.29) is 17.2 Å². The number of hydrogen-bond donors (Lipinski definition) is 2. The Labute approximate surface area is 197 Å². The van der Waals surface area contributed by atoms with Crippen LogP contribution < -0.4 is 10.9 Å². The third kappa shape index (κ3) is 4.67. The first-order valence-electron chi connectivity index (χ1n) is 10.4. The van der Waals surface area contributed by atoms with Gasteiger partial charge in [0.15, 0.2) is 5.65 Å². The second-order valence-electron chi connectivity index (χ2n) is 7.35. The minimum Gasteiger partial charge on any atom is -0.355 e. The second-order valence-corrected chi connectivity index (χ2v) is 9.19. The van der Waals surface area contributed by atoms with Gasteiger partial charge >= 0.3 is 0 Å². The van der Waals surface area contributed by atoms with E-state index < -0.39 is 0 Å². The van der Waals surface area contributed by atoms with Gasteiger partial charge in [-0.1, -0.05) is 36.4 Å². The van der Waals surface area contributed by atoms with Gasteiger partial charge in [-0.15, -0.1) is 33.3 Å². The van der Waals surface area contributed by atoms with Gasteiger partial charge in [-0.25, -0.2) is 4.98 Å². The van der Waals surface area contributed by atoms with Crippen LogP contribution in [0.25, 0.3) is 27.0 Å². The van der Waals surface area contributed by atoms with Crippen LogP contribution >= 0.6 is 23.1 Å². The van der Waals surface area contributed by atoms with E-state index >= 15 is 0 Å². The molecule has 0 saturated carbocycles. The lowest BCUT2D eigenvalue weighted by molar-refractivity contribution is -0.118. The highest BCUT2D eigenvalue weighted by molar-refractivity contribution is 7.99. The van der Waals surface area contributed by atoms with Crippen molar-refractivity contribution in [3.05, 3.63) is 82.1 Å². The zero-order valence-corrected chi connectivity index (χ0v) is 19.2. The number of aromatic nitrogens is 5. The maximum atomic E-state index is 12.7. The first-order valence-corrected chi connectivity index (χ1v) is 12.4. The Hall–Kier alpha value is -3.50. The molecule has 4 aromatic heterocycles. The number of benzene rings is 1. The van der Waals surface area contributed by atoms with E-state index in [1.807, 2.05) is 64.5 Å². The third-order valence-electron chi connectivity index (χ3n) is 5.10. The highest BCUT2D eigenvalue weighted by Crippen LogP contribution is 2.30. The maximum absolute atomic E-state index is 12.7. The molecule has 0 spiro atoms. The zero-order valence-electron chi connectivity index (χ0n) is 17.5. The maximum Gasteiger partial charge on any atom is 0.260 e. The van der Waals surface area contributed by atoms with Crippen LogP contribution in [-0.4, -0.2) is 42.8 Å². The highest BCUT2D eigenvalue weighted by atomic mass is 32.2. The zero-order chi connectivity index (χ0) is 22.6. The molecule has 4 heterocycles. The molecule has 5 rings (SSSR count). The van der Waals surface area contributed by atoms with Gasteiger partial charge in [0.2, 0.25) is 5.91 Å². The number of nitrogens with zero attached hydrogens (tertiary/aromatic N) is 4. The fourth-order valence-electron chi connectivity index (χ4n) is 3.56. The minimum absolute atomic E-state index is 0.0697. The standard InChI is InChI=1S/C23H20N6O2S2/c30-20(24-10-9-19-28-27-18-8-4-5-11-29(18)19)14-32-13-17-25-22(31)21-16(12-33-23(21)26-17)15-6-2-1-3-7-15/h1-8,11-12H,9-10,13-14H2,(H,24,30)(H,25,26,31). The van der Waals surface area contributed by atoms with Crippen molar-refractivity contribution in [3.63, 3.8) is 0 Å². The van der Waals surface area contributed by atoms with Crippen LogP contribution in [0.3, 0.4) is 0 Å². The molecule has 1 amide bonds. The topological polar surface area (TPSA) is 105 Å². The van der Waals surface area contributed by atoms with E-state index in [2.05, 4.69) is 25.5 Å². The Kier molecular flexibility index (Phi) is 6.18. The van der Waals surface area contributed by atoms with Crippen LogP contribution in [0.15, 0.2) is 64.9 Å². The van der Waals surface area contributed by atoms with Crippen molar-refractivity contribution in [2.24, 2.45) is 0 Å². The normalized spacial score (nSPS) is 11.3. The average Bonchev–Trinajstić information content (AvgIpc) is 3.45. The van der Waals surface area contributed by atoms with E-state index in [9.17, 15) is 9.59 Å². The first-order chi connectivity index (χ1) is 16.2. The van der Waals surface area contributed by atoms with Crippen LogP contribution in [0.4, 0.5) is 0 Å². The SMILES string of the molecule is O=C(CSCc1nc2scc(-c3ccccc3)c2c(=O)[nH]1)NCCc1nnc2ccccn12. The van der Waals surface area contributed by atoms with Crippen molar-refractivity contribution >= 4 is 44.9 Å². The van der Waals surface area contributed by atoms with Gasteiger partial charge in [-0.05, 0) is 17.7 Å². The summed E-state index contributed by atoms with van der Waals surface area (Å²) in [6, 6.07) is 15.5. The average molecular weight is 477 g/mol. The molecule has 0 radical (unpaired) electrons. The van der Waals surface area contributed by atoms with Gasteiger partial charge in [0.05, 0.1) is 16.9 Å². The molecule has 5 aromatic rings. The molecule has 0 atom stereocenters. The van der Waals surface area contributed by atoms with Crippen LogP contribution in [0, 0.1) is 0 Å². The number of hydrogen-bond acceptors (Lipinski definition) is 7. The molecule has 0 aliphatic carbocycles. The molecule has 0 fully saturated rings. The number of rotatable bonds is 8. The number of aromatic amines is 1. The van der Waals surface area contributed by atoms with Gasteiger partial charge in [0.25, 0.3) is 5.56 Å². The quantitative estimate of drug-likeness (QED) is 0.356. The molecule has 0 saturated heterocycles. The Morgan fingerprint density at radius 3 is 2.85 bits per heavy atom. The lowest BCUT2D eigenvalue weighted by atomic mass is 10.1. The summed E-state index contributed by atoms with van der Waals surface area (Å²) < 4.78 is 1.91. The number of thiophene rings is 1. The van der Waals surface area contributed by atoms with Crippen LogP contribution in [0.5, 0.6) is 0 Å². The second kappa shape index (κ2) is 9.55. The fourth-order valence-corrected chi connectivity index (χ4v) is 5.24. The lowest BCUT2D eigenvalue weighted by Gasteiger charge is -2.05. The van der Waals surface area contributed by atoms with Crippen LogP contribution in [0.1, 0.15) is 11.6 Å². The molecule has 33 heavy (non-hydrogen) atoms. The number of amides is 1. The van der Waals surface area contributed by atoms with Crippen LogP contribution in [-0.2, 0) is 17.0 Å². The summed E-state index contributed by atoms with van der Waals surface area (Å²) in [6.07, 6.45) is 2.50. The highest BCUT2D eigenvalue weighted by Gasteiger charge is 2.13. The predicted octanol–water partition coefficient (Wildman–Crippen LogP) is 3.29. The molecule has 166 valence electrons. The number of H-pyrrole nitrogens is 1.